The summed E-state index contributed by atoms with van der Waals surface area (Å²) in [5.41, 5.74) is 0. The average molecular weight is 905 g/mol. The maximum atomic E-state index is 12.8. The zero-order valence-electron chi connectivity index (χ0n) is 42.5. The Bertz CT molecular complexity index is 1270. The number of carbonyl (C=O) groups excluding carboxylic acids is 3. The van der Waals surface area contributed by atoms with E-state index < -0.39 is 6.10 Å². The fraction of sp³-hybridized carbons (Fsp3) is 0.712. The second kappa shape index (κ2) is 53.2. The Hall–Kier alpha value is -3.41. The molecule has 0 saturated carbocycles. The van der Waals surface area contributed by atoms with Gasteiger partial charge in [0.2, 0.25) is 0 Å². The Kier molecular flexibility index (Phi) is 50.4. The van der Waals surface area contributed by atoms with E-state index in [1.165, 1.54) is 116 Å². The van der Waals surface area contributed by atoms with Crippen LogP contribution in [0.5, 0.6) is 0 Å². The Morgan fingerprint density at radius 3 is 0.938 bits per heavy atom. The molecule has 0 spiro atoms. The Labute approximate surface area is 401 Å². The lowest BCUT2D eigenvalue weighted by atomic mass is 10.1. The number of esters is 3. The van der Waals surface area contributed by atoms with E-state index in [9.17, 15) is 14.4 Å². The van der Waals surface area contributed by atoms with Crippen molar-refractivity contribution in [2.45, 2.75) is 258 Å². The Morgan fingerprint density at radius 1 is 0.323 bits per heavy atom. The molecule has 0 aliphatic rings. The quantitative estimate of drug-likeness (QED) is 0.0262. The predicted octanol–water partition coefficient (Wildman–Crippen LogP) is 18.0. The van der Waals surface area contributed by atoms with Gasteiger partial charge in [0, 0.05) is 19.3 Å². The molecule has 0 aromatic rings. The summed E-state index contributed by atoms with van der Waals surface area (Å²) >= 11 is 0. The van der Waals surface area contributed by atoms with Crippen LogP contribution in [0.1, 0.15) is 252 Å². The second-order valence-corrected chi connectivity index (χ2v) is 17.9. The van der Waals surface area contributed by atoms with Crippen molar-refractivity contribution < 1.29 is 28.6 Å². The lowest BCUT2D eigenvalue weighted by molar-refractivity contribution is -0.167. The van der Waals surface area contributed by atoms with E-state index in [1.54, 1.807) is 0 Å². The predicted molar refractivity (Wildman–Crippen MR) is 279 cm³/mol. The van der Waals surface area contributed by atoms with E-state index in [4.69, 9.17) is 14.2 Å². The number of ether oxygens (including phenoxy) is 3. The maximum Gasteiger partial charge on any atom is 0.306 e. The smallest absolute Gasteiger partial charge is 0.306 e. The molecule has 0 aliphatic heterocycles. The summed E-state index contributed by atoms with van der Waals surface area (Å²) in [5, 5.41) is 0. The van der Waals surface area contributed by atoms with E-state index in [0.29, 0.717) is 19.3 Å². The molecule has 0 saturated heterocycles. The SMILES string of the molecule is CC/C=C/C=C/C=C/CCCCCCCC(=O)OCC(COC(=O)CCCCCCCCCCCC/C=C/C=C/CCCCC)OC(=O)CCCCCCCC/C=C/C=C/CCCCC. The number of rotatable bonds is 48. The summed E-state index contributed by atoms with van der Waals surface area (Å²) in [4.78, 5) is 38.1. The van der Waals surface area contributed by atoms with E-state index in [2.05, 4.69) is 106 Å². The Morgan fingerprint density at radius 2 is 0.600 bits per heavy atom. The molecule has 65 heavy (non-hydrogen) atoms. The van der Waals surface area contributed by atoms with Crippen LogP contribution in [0, 0.1) is 0 Å². The van der Waals surface area contributed by atoms with Crippen molar-refractivity contribution in [2.24, 2.45) is 0 Å². The summed E-state index contributed by atoms with van der Waals surface area (Å²) in [6.07, 6.45) is 68.5. The van der Waals surface area contributed by atoms with Crippen molar-refractivity contribution in [1.82, 2.24) is 0 Å². The third-order valence-corrected chi connectivity index (χ3v) is 11.5. The van der Waals surface area contributed by atoms with Crippen molar-refractivity contribution in [2.75, 3.05) is 13.2 Å². The molecule has 0 radical (unpaired) electrons. The molecule has 1 atom stereocenters. The van der Waals surface area contributed by atoms with Gasteiger partial charge in [-0.1, -0.05) is 228 Å². The van der Waals surface area contributed by atoms with Crippen LogP contribution >= 0.6 is 0 Å². The largest absolute Gasteiger partial charge is 0.462 e. The van der Waals surface area contributed by atoms with Gasteiger partial charge in [-0.2, -0.15) is 0 Å². The second-order valence-electron chi connectivity index (χ2n) is 17.9. The van der Waals surface area contributed by atoms with Crippen molar-refractivity contribution in [1.29, 1.82) is 0 Å². The number of unbranched alkanes of at least 4 members (excludes halogenated alkanes) is 27. The van der Waals surface area contributed by atoms with Crippen molar-refractivity contribution in [3.63, 3.8) is 0 Å². The zero-order valence-corrected chi connectivity index (χ0v) is 42.5. The van der Waals surface area contributed by atoms with Gasteiger partial charge in [0.25, 0.3) is 0 Å². The van der Waals surface area contributed by atoms with Gasteiger partial charge in [0.05, 0.1) is 0 Å². The van der Waals surface area contributed by atoms with Gasteiger partial charge in [0.15, 0.2) is 6.10 Å². The molecule has 0 bridgehead atoms. The van der Waals surface area contributed by atoms with Crippen LogP contribution < -0.4 is 0 Å². The topological polar surface area (TPSA) is 78.9 Å². The first-order valence-electron chi connectivity index (χ1n) is 27.2. The highest BCUT2D eigenvalue weighted by atomic mass is 16.6. The van der Waals surface area contributed by atoms with E-state index in [1.807, 2.05) is 0 Å². The molecule has 6 heteroatoms. The first-order valence-corrected chi connectivity index (χ1v) is 27.2. The molecule has 6 nitrogen and oxygen atoms in total. The standard InChI is InChI=1S/C59H100O6/c1-4-7-10-13-16-19-22-25-27-28-29-30-32-34-37-40-43-46-49-52-58(61)64-55-56(54-63-57(60)51-48-45-42-39-36-33-24-21-18-15-12-9-6-3)65-59(62)53-50-47-44-41-38-35-31-26-23-20-17-14-11-8-5-2/h9,12,15-26,56H,4-8,10-11,13-14,27-55H2,1-3H3/b12-9+,18-15+,19-16+,20-17+,24-21+,25-22+,26-23+. The van der Waals surface area contributed by atoms with Crippen molar-refractivity contribution >= 4 is 17.9 Å². The molecule has 372 valence electrons. The number of allylic oxidation sites excluding steroid dienone is 14. The fourth-order valence-corrected chi connectivity index (χ4v) is 7.36. The first kappa shape index (κ1) is 61.6. The summed E-state index contributed by atoms with van der Waals surface area (Å²) in [6.45, 7) is 6.42. The molecule has 0 N–H and O–H groups in total. The third kappa shape index (κ3) is 51.4. The van der Waals surface area contributed by atoms with Gasteiger partial charge in [-0.15, -0.1) is 0 Å². The van der Waals surface area contributed by atoms with Crippen molar-refractivity contribution in [3.05, 3.63) is 85.1 Å². The molecule has 1 unspecified atom stereocenters. The van der Waals surface area contributed by atoms with Crippen LogP contribution in [0.3, 0.4) is 0 Å². The molecular formula is C59H100O6. The third-order valence-electron chi connectivity index (χ3n) is 11.5. The van der Waals surface area contributed by atoms with Gasteiger partial charge >= 0.3 is 17.9 Å². The number of carbonyl (C=O) groups is 3. The van der Waals surface area contributed by atoms with Crippen LogP contribution in [0.15, 0.2) is 85.1 Å². The molecule has 0 aromatic carbocycles. The normalized spacial score (nSPS) is 12.7. The summed E-state index contributed by atoms with van der Waals surface area (Å²) in [5.74, 6) is -0.925. The number of hydrogen-bond acceptors (Lipinski definition) is 6. The molecule has 0 aromatic heterocycles. The van der Waals surface area contributed by atoms with Gasteiger partial charge in [-0.3, -0.25) is 14.4 Å². The number of hydrogen-bond donors (Lipinski definition) is 0. The van der Waals surface area contributed by atoms with Crippen LogP contribution in [-0.4, -0.2) is 37.2 Å². The highest BCUT2D eigenvalue weighted by molar-refractivity contribution is 5.71. The Balaban J connectivity index is 4.40. The van der Waals surface area contributed by atoms with Crippen LogP contribution in [-0.2, 0) is 28.6 Å². The molecular weight excluding hydrogens is 805 g/mol. The highest BCUT2D eigenvalue weighted by Crippen LogP contribution is 2.15. The van der Waals surface area contributed by atoms with Crippen LogP contribution in [0.4, 0.5) is 0 Å². The minimum Gasteiger partial charge on any atom is -0.462 e. The van der Waals surface area contributed by atoms with Gasteiger partial charge in [-0.05, 0) is 89.9 Å². The van der Waals surface area contributed by atoms with Gasteiger partial charge in [0.1, 0.15) is 13.2 Å². The van der Waals surface area contributed by atoms with E-state index in [-0.39, 0.29) is 31.1 Å². The molecule has 0 heterocycles. The summed E-state index contributed by atoms with van der Waals surface area (Å²) in [7, 11) is 0. The van der Waals surface area contributed by atoms with Gasteiger partial charge in [-0.25, -0.2) is 0 Å². The molecule has 0 aliphatic carbocycles. The first-order chi connectivity index (χ1) is 32.0. The highest BCUT2D eigenvalue weighted by Gasteiger charge is 2.19. The monoisotopic (exact) mass is 905 g/mol. The minimum absolute atomic E-state index is 0.0902. The molecule has 0 rings (SSSR count). The van der Waals surface area contributed by atoms with E-state index in [0.717, 1.165) is 96.3 Å². The summed E-state index contributed by atoms with van der Waals surface area (Å²) in [6, 6.07) is 0. The van der Waals surface area contributed by atoms with Crippen LogP contribution in [0.25, 0.3) is 0 Å². The minimum atomic E-state index is -0.793. The molecule has 0 fully saturated rings. The van der Waals surface area contributed by atoms with Gasteiger partial charge < -0.3 is 14.2 Å². The lowest BCUT2D eigenvalue weighted by Gasteiger charge is -2.18. The van der Waals surface area contributed by atoms with Crippen molar-refractivity contribution in [3.8, 4) is 0 Å². The summed E-state index contributed by atoms with van der Waals surface area (Å²) < 4.78 is 16.8. The van der Waals surface area contributed by atoms with E-state index >= 15 is 0 Å². The maximum absolute atomic E-state index is 12.8. The fourth-order valence-electron chi connectivity index (χ4n) is 7.36. The zero-order chi connectivity index (χ0) is 47.2. The lowest BCUT2D eigenvalue weighted by Crippen LogP contribution is -2.30. The average Bonchev–Trinajstić information content (AvgIpc) is 3.30. The van der Waals surface area contributed by atoms with Crippen LogP contribution in [0.2, 0.25) is 0 Å². The molecule has 0 amide bonds.